The number of nitrogens with two attached hydrogens (primary N) is 2. The largest absolute Gasteiger partial charge is 0.486 e. The number of hydrogen-bond acceptors (Lipinski definition) is 9. The number of anilines is 1. The van der Waals surface area contributed by atoms with Crippen LogP contribution >= 0.6 is 0 Å². The fourth-order valence-electron chi connectivity index (χ4n) is 3.20. The molecule has 3 heterocycles. The van der Waals surface area contributed by atoms with Gasteiger partial charge in [-0.15, -0.1) is 0 Å². The Hall–Kier alpha value is -2.40. The molecule has 1 aromatic heterocycles. The number of ether oxygens (including phenoxy) is 2. The summed E-state index contributed by atoms with van der Waals surface area (Å²) >= 11 is 0. The Balaban J connectivity index is 2.25. The summed E-state index contributed by atoms with van der Waals surface area (Å²) in [7, 11) is -3.51. The van der Waals surface area contributed by atoms with Gasteiger partial charge in [-0.3, -0.25) is 0 Å². The normalized spacial score (nSPS) is 23.3. The van der Waals surface area contributed by atoms with Gasteiger partial charge in [0.05, 0.1) is 25.3 Å². The van der Waals surface area contributed by atoms with E-state index in [2.05, 4.69) is 19.9 Å². The lowest BCUT2D eigenvalue weighted by molar-refractivity contribution is 0.0482. The highest BCUT2D eigenvalue weighted by Crippen LogP contribution is 2.44. The smallest absolute Gasteiger partial charge is 0.253 e. The lowest BCUT2D eigenvalue weighted by Crippen LogP contribution is -2.56. The highest BCUT2D eigenvalue weighted by Gasteiger charge is 2.43. The SMILES string of the molecule is C[C@@H]1COC[C@H]2COc3c(nc(N=C(N)C=CN)nc3C(C)(C)S(C)(=O)=O)N21. The van der Waals surface area contributed by atoms with Gasteiger partial charge in [-0.2, -0.15) is 9.98 Å². The standard InChI is InChI=1S/C17H26N6O4S/c1-10-7-26-8-11-9-27-13-14(17(2,3)28(4,24)25)21-16(20-12(19)5-6-18)22-15(13)23(10)11/h5-6,10-11H,7-9,18H2,1-4H3,(H2,19,20,21,22)/t10-,11+/m1/s1. The van der Waals surface area contributed by atoms with Crippen LogP contribution < -0.4 is 21.1 Å². The van der Waals surface area contributed by atoms with Gasteiger partial charge in [0.15, 0.2) is 21.4 Å². The highest BCUT2D eigenvalue weighted by atomic mass is 32.2. The molecule has 4 N–H and O–H groups in total. The van der Waals surface area contributed by atoms with Crippen LogP contribution in [0.25, 0.3) is 0 Å². The highest BCUT2D eigenvalue weighted by molar-refractivity contribution is 7.91. The topological polar surface area (TPSA) is 146 Å². The molecule has 1 aromatic rings. The van der Waals surface area contributed by atoms with E-state index in [4.69, 9.17) is 20.9 Å². The van der Waals surface area contributed by atoms with Crippen molar-refractivity contribution < 1.29 is 17.9 Å². The zero-order valence-electron chi connectivity index (χ0n) is 16.4. The summed E-state index contributed by atoms with van der Waals surface area (Å²) in [6.07, 6.45) is 3.82. The van der Waals surface area contributed by atoms with Crippen LogP contribution in [-0.2, 0) is 19.3 Å². The lowest BCUT2D eigenvalue weighted by atomic mass is 10.0. The van der Waals surface area contributed by atoms with Crippen LogP contribution in [0, 0.1) is 0 Å². The lowest BCUT2D eigenvalue weighted by Gasteiger charge is -2.45. The summed E-state index contributed by atoms with van der Waals surface area (Å²) in [5.74, 6) is 1.00. The van der Waals surface area contributed by atoms with Gasteiger partial charge < -0.3 is 25.8 Å². The summed E-state index contributed by atoms with van der Waals surface area (Å²) in [5, 5.41) is 0. The number of nitrogens with zero attached hydrogens (tertiary/aromatic N) is 4. The van der Waals surface area contributed by atoms with Crippen LogP contribution in [-0.4, -0.2) is 62.4 Å². The second-order valence-corrected chi connectivity index (χ2v) is 10.0. The van der Waals surface area contributed by atoms with Crippen LogP contribution in [0.1, 0.15) is 26.5 Å². The quantitative estimate of drug-likeness (QED) is 0.525. The van der Waals surface area contributed by atoms with E-state index >= 15 is 0 Å². The van der Waals surface area contributed by atoms with Gasteiger partial charge in [0, 0.05) is 6.26 Å². The number of sulfone groups is 1. The molecule has 0 spiro atoms. The first kappa shape index (κ1) is 20.3. The van der Waals surface area contributed by atoms with E-state index < -0.39 is 14.6 Å². The van der Waals surface area contributed by atoms with Crippen molar-refractivity contribution in [1.29, 1.82) is 0 Å². The molecule has 3 rings (SSSR count). The molecule has 0 aromatic carbocycles. The minimum absolute atomic E-state index is 0.0292. The van der Waals surface area contributed by atoms with Crippen LogP contribution in [0.4, 0.5) is 11.8 Å². The summed E-state index contributed by atoms with van der Waals surface area (Å²) in [6.45, 7) is 6.56. The molecule has 0 unspecified atom stereocenters. The molecule has 0 amide bonds. The molecule has 2 aliphatic heterocycles. The van der Waals surface area contributed by atoms with Crippen LogP contribution in [0.2, 0.25) is 0 Å². The third kappa shape index (κ3) is 3.51. The van der Waals surface area contributed by atoms with Gasteiger partial charge >= 0.3 is 0 Å². The van der Waals surface area contributed by atoms with Gasteiger partial charge in [0.25, 0.3) is 5.95 Å². The minimum atomic E-state index is -3.51. The van der Waals surface area contributed by atoms with Crippen LogP contribution in [0.15, 0.2) is 17.3 Å². The molecule has 0 radical (unpaired) electrons. The van der Waals surface area contributed by atoms with Crippen molar-refractivity contribution >= 4 is 27.4 Å². The Morgan fingerprint density at radius 2 is 2.04 bits per heavy atom. The monoisotopic (exact) mass is 410 g/mol. The Bertz CT molecular complexity index is 928. The van der Waals surface area contributed by atoms with Crippen molar-refractivity contribution in [2.75, 3.05) is 31.0 Å². The number of aromatic nitrogens is 2. The molecule has 11 heteroatoms. The van der Waals surface area contributed by atoms with Gasteiger partial charge in [0.1, 0.15) is 22.9 Å². The van der Waals surface area contributed by atoms with E-state index in [1.165, 1.54) is 18.5 Å². The molecule has 1 saturated heterocycles. The average Bonchev–Trinajstić information content (AvgIpc) is 2.60. The molecule has 2 atom stereocenters. The predicted octanol–water partition coefficient (Wildman–Crippen LogP) is 0.204. The van der Waals surface area contributed by atoms with E-state index in [1.54, 1.807) is 13.8 Å². The summed E-state index contributed by atoms with van der Waals surface area (Å²) in [4.78, 5) is 15.2. The van der Waals surface area contributed by atoms with Crippen molar-refractivity contribution in [3.05, 3.63) is 18.0 Å². The third-order valence-electron chi connectivity index (χ3n) is 5.03. The number of amidine groups is 1. The van der Waals surface area contributed by atoms with Gasteiger partial charge in [-0.1, -0.05) is 0 Å². The molecule has 154 valence electrons. The van der Waals surface area contributed by atoms with Crippen molar-refractivity contribution in [3.63, 3.8) is 0 Å². The van der Waals surface area contributed by atoms with Crippen molar-refractivity contribution in [2.45, 2.75) is 37.6 Å². The summed E-state index contributed by atoms with van der Waals surface area (Å²) in [5.41, 5.74) is 11.4. The third-order valence-corrected chi connectivity index (χ3v) is 7.08. The van der Waals surface area contributed by atoms with E-state index in [1.807, 2.05) is 6.92 Å². The number of hydrogen-bond donors (Lipinski definition) is 2. The molecule has 1 fully saturated rings. The minimum Gasteiger partial charge on any atom is -0.486 e. The number of morpholine rings is 1. The molecule has 28 heavy (non-hydrogen) atoms. The second kappa shape index (κ2) is 7.21. The molecular weight excluding hydrogens is 384 g/mol. The van der Waals surface area contributed by atoms with Crippen LogP contribution in [0.5, 0.6) is 5.75 Å². The number of fused-ring (bicyclic) bond motifs is 3. The van der Waals surface area contributed by atoms with E-state index in [-0.39, 0.29) is 29.6 Å². The summed E-state index contributed by atoms with van der Waals surface area (Å²) in [6, 6.07) is 0.00192. The van der Waals surface area contributed by atoms with E-state index in [0.717, 1.165) is 0 Å². The van der Waals surface area contributed by atoms with Gasteiger partial charge in [-0.25, -0.2) is 13.4 Å². The van der Waals surface area contributed by atoms with Crippen LogP contribution in [0.3, 0.4) is 0 Å². The molecule has 0 aliphatic carbocycles. The molecule has 10 nitrogen and oxygen atoms in total. The van der Waals surface area contributed by atoms with Crippen molar-refractivity contribution in [2.24, 2.45) is 16.5 Å². The van der Waals surface area contributed by atoms with Crippen molar-refractivity contribution in [1.82, 2.24) is 9.97 Å². The zero-order valence-corrected chi connectivity index (χ0v) is 17.2. The fourth-order valence-corrected chi connectivity index (χ4v) is 3.69. The Morgan fingerprint density at radius 1 is 1.32 bits per heavy atom. The number of rotatable bonds is 4. The second-order valence-electron chi connectivity index (χ2n) is 7.46. The molecule has 2 aliphatic rings. The molecule has 0 bridgehead atoms. The summed E-state index contributed by atoms with van der Waals surface area (Å²) < 4.78 is 35.2. The van der Waals surface area contributed by atoms with Crippen molar-refractivity contribution in [3.8, 4) is 5.75 Å². The molecule has 0 saturated carbocycles. The Kier molecular flexibility index (Phi) is 5.24. The maximum atomic E-state index is 12.5. The maximum Gasteiger partial charge on any atom is 0.253 e. The Labute approximate surface area is 164 Å². The zero-order chi connectivity index (χ0) is 20.7. The fraction of sp³-hybridized carbons (Fsp3) is 0.588. The predicted molar refractivity (Wildman–Crippen MR) is 107 cm³/mol. The average molecular weight is 411 g/mol. The van der Waals surface area contributed by atoms with Gasteiger partial charge in [0.2, 0.25) is 0 Å². The van der Waals surface area contributed by atoms with Gasteiger partial charge in [-0.05, 0) is 33.0 Å². The molecular formula is C17H26N6O4S. The number of aliphatic imine (C=N–C) groups is 1. The first-order valence-electron chi connectivity index (χ1n) is 8.89. The van der Waals surface area contributed by atoms with E-state index in [9.17, 15) is 8.42 Å². The van der Waals surface area contributed by atoms with E-state index in [0.29, 0.717) is 31.4 Å². The Morgan fingerprint density at radius 3 is 2.68 bits per heavy atom. The maximum absolute atomic E-state index is 12.5. The first-order valence-corrected chi connectivity index (χ1v) is 10.8. The first-order chi connectivity index (χ1) is 13.1.